The highest BCUT2D eigenvalue weighted by atomic mass is 35.5. The van der Waals surface area contributed by atoms with E-state index in [1.807, 2.05) is 84.9 Å². The minimum absolute atomic E-state index is 0.197. The van der Waals surface area contributed by atoms with Crippen molar-refractivity contribution in [1.29, 1.82) is 0 Å². The number of nitrogens with zero attached hydrogens (tertiary/aromatic N) is 2. The van der Waals surface area contributed by atoms with E-state index in [4.69, 9.17) is 20.9 Å². The summed E-state index contributed by atoms with van der Waals surface area (Å²) >= 11 is 7.83. The van der Waals surface area contributed by atoms with Crippen LogP contribution in [0.15, 0.2) is 113 Å². The van der Waals surface area contributed by atoms with Gasteiger partial charge in [-0.1, -0.05) is 47.1 Å². The molecule has 184 valence electrons. The first-order valence-electron chi connectivity index (χ1n) is 11.5. The molecule has 5 aromatic rings. The lowest BCUT2D eigenvalue weighted by Crippen LogP contribution is -2.12. The summed E-state index contributed by atoms with van der Waals surface area (Å²) in [7, 11) is 0. The third kappa shape index (κ3) is 6.39. The van der Waals surface area contributed by atoms with Crippen LogP contribution < -0.4 is 10.1 Å². The number of pyridine rings is 1. The summed E-state index contributed by atoms with van der Waals surface area (Å²) in [6, 6.07) is 28.2. The van der Waals surface area contributed by atoms with Crippen LogP contribution in [-0.4, -0.2) is 16.0 Å². The van der Waals surface area contributed by atoms with Crippen molar-refractivity contribution in [2.75, 3.05) is 5.32 Å². The largest absolute Gasteiger partial charge is 0.489 e. The smallest absolute Gasteiger partial charge is 0.277 e. The van der Waals surface area contributed by atoms with Gasteiger partial charge in [0.25, 0.3) is 5.91 Å². The van der Waals surface area contributed by atoms with E-state index in [1.54, 1.807) is 30.2 Å². The number of ether oxygens (including phenoxy) is 1. The summed E-state index contributed by atoms with van der Waals surface area (Å²) in [6.45, 7) is 0.369. The van der Waals surface area contributed by atoms with Gasteiger partial charge >= 0.3 is 0 Å². The molecule has 0 radical (unpaired) electrons. The van der Waals surface area contributed by atoms with Gasteiger partial charge in [-0.15, -0.1) is 11.8 Å². The predicted octanol–water partition coefficient (Wildman–Crippen LogP) is 7.51. The molecule has 0 bridgehead atoms. The molecule has 0 aliphatic heterocycles. The lowest BCUT2D eigenvalue weighted by Gasteiger charge is -2.09. The molecule has 6 nitrogen and oxygen atoms in total. The summed E-state index contributed by atoms with van der Waals surface area (Å²) in [5.74, 6) is 1.61. The number of nitrogens with one attached hydrogen (secondary N) is 1. The molecule has 1 amide bonds. The Bertz CT molecular complexity index is 1490. The van der Waals surface area contributed by atoms with Gasteiger partial charge in [-0.05, 0) is 60.2 Å². The molecular formula is C29H22ClN3O3S. The molecule has 8 heteroatoms. The summed E-state index contributed by atoms with van der Waals surface area (Å²) < 4.78 is 11.3. The molecule has 0 unspecified atom stereocenters. The van der Waals surface area contributed by atoms with Gasteiger partial charge in [0.05, 0.1) is 5.69 Å². The van der Waals surface area contributed by atoms with Crippen molar-refractivity contribution in [3.8, 4) is 17.1 Å². The number of carbonyl (C=O) groups excluding carboxylic acids is 1. The molecular weight excluding hydrogens is 506 g/mol. The van der Waals surface area contributed by atoms with E-state index in [0.717, 1.165) is 33.0 Å². The average Bonchev–Trinajstić information content (AvgIpc) is 3.44. The van der Waals surface area contributed by atoms with E-state index >= 15 is 0 Å². The number of benzene rings is 3. The van der Waals surface area contributed by atoms with Gasteiger partial charge in [-0.2, -0.15) is 0 Å². The Morgan fingerprint density at radius 2 is 1.70 bits per heavy atom. The number of para-hydroxylation sites is 1. The summed E-state index contributed by atoms with van der Waals surface area (Å²) in [4.78, 5) is 17.9. The van der Waals surface area contributed by atoms with Crippen molar-refractivity contribution in [3.63, 3.8) is 0 Å². The van der Waals surface area contributed by atoms with Crippen LogP contribution in [0.4, 0.5) is 5.69 Å². The Hall–Kier alpha value is -4.07. The zero-order valence-corrected chi connectivity index (χ0v) is 21.2. The van der Waals surface area contributed by atoms with Gasteiger partial charge in [0, 0.05) is 45.3 Å². The maximum Gasteiger partial charge on any atom is 0.277 e. The van der Waals surface area contributed by atoms with Gasteiger partial charge in [0.15, 0.2) is 11.5 Å². The highest BCUT2D eigenvalue weighted by Crippen LogP contribution is 2.30. The number of amides is 1. The second kappa shape index (κ2) is 11.8. The van der Waals surface area contributed by atoms with Gasteiger partial charge < -0.3 is 14.6 Å². The lowest BCUT2D eigenvalue weighted by atomic mass is 10.1. The fraction of sp³-hybridized carbons (Fsp3) is 0.0690. The van der Waals surface area contributed by atoms with Crippen molar-refractivity contribution in [2.45, 2.75) is 17.3 Å². The molecule has 0 aliphatic rings. The van der Waals surface area contributed by atoms with Crippen molar-refractivity contribution in [2.24, 2.45) is 0 Å². The average molecular weight is 528 g/mol. The monoisotopic (exact) mass is 527 g/mol. The van der Waals surface area contributed by atoms with E-state index in [9.17, 15) is 4.79 Å². The van der Waals surface area contributed by atoms with Gasteiger partial charge in [-0.25, -0.2) is 0 Å². The number of aromatic nitrogens is 2. The topological polar surface area (TPSA) is 77.2 Å². The number of carbonyl (C=O) groups is 1. The van der Waals surface area contributed by atoms with Crippen LogP contribution >= 0.6 is 23.4 Å². The van der Waals surface area contributed by atoms with Crippen LogP contribution in [0, 0.1) is 0 Å². The molecule has 3 aromatic carbocycles. The number of anilines is 1. The Balaban J connectivity index is 1.21. The van der Waals surface area contributed by atoms with Crippen molar-refractivity contribution >= 4 is 35.0 Å². The SMILES string of the molecule is O=C(Nc1ccccc1SCc1ccncc1)c1cc(-c2ccc(OCc3ccccc3Cl)cc2)on1. The molecule has 2 aromatic heterocycles. The van der Waals surface area contributed by atoms with Gasteiger partial charge in [-0.3, -0.25) is 9.78 Å². The van der Waals surface area contributed by atoms with Crippen LogP contribution in [0.2, 0.25) is 5.02 Å². The quantitative estimate of drug-likeness (QED) is 0.200. The van der Waals surface area contributed by atoms with Crippen LogP contribution in [0.1, 0.15) is 21.6 Å². The maximum absolute atomic E-state index is 12.9. The normalized spacial score (nSPS) is 10.7. The number of thioether (sulfide) groups is 1. The van der Waals surface area contributed by atoms with Gasteiger partial charge in [0.2, 0.25) is 0 Å². The summed E-state index contributed by atoms with van der Waals surface area (Å²) in [5.41, 5.74) is 3.77. The molecule has 5 rings (SSSR count). The Morgan fingerprint density at radius 3 is 2.51 bits per heavy atom. The minimum atomic E-state index is -0.341. The number of hydrogen-bond acceptors (Lipinski definition) is 6. The van der Waals surface area contributed by atoms with Crippen molar-refractivity contribution < 1.29 is 14.1 Å². The molecule has 0 spiro atoms. The highest BCUT2D eigenvalue weighted by molar-refractivity contribution is 7.98. The molecule has 0 atom stereocenters. The summed E-state index contributed by atoms with van der Waals surface area (Å²) in [5, 5.41) is 7.59. The number of halogens is 1. The minimum Gasteiger partial charge on any atom is -0.489 e. The first kappa shape index (κ1) is 24.6. The van der Waals surface area contributed by atoms with E-state index in [0.29, 0.717) is 23.1 Å². The number of hydrogen-bond donors (Lipinski definition) is 1. The lowest BCUT2D eigenvalue weighted by molar-refractivity contribution is 0.101. The predicted molar refractivity (Wildman–Crippen MR) is 146 cm³/mol. The van der Waals surface area contributed by atoms with Crippen LogP contribution in [0.5, 0.6) is 5.75 Å². The first-order valence-corrected chi connectivity index (χ1v) is 12.9. The molecule has 0 aliphatic carbocycles. The zero-order chi connectivity index (χ0) is 25.5. The first-order chi connectivity index (χ1) is 18.2. The summed E-state index contributed by atoms with van der Waals surface area (Å²) in [6.07, 6.45) is 3.54. The Labute approximate surface area is 223 Å². The third-order valence-corrected chi connectivity index (χ3v) is 7.03. The highest BCUT2D eigenvalue weighted by Gasteiger charge is 2.16. The van der Waals surface area contributed by atoms with E-state index < -0.39 is 0 Å². The molecule has 0 fully saturated rings. The standard InChI is InChI=1S/C29H22ClN3O3S/c30-24-6-2-1-5-22(24)18-35-23-11-9-21(10-12-23)27-17-26(33-36-27)29(34)32-25-7-3-4-8-28(25)37-19-20-13-15-31-16-14-20/h1-17H,18-19H2,(H,32,34). The second-order valence-electron chi connectivity index (χ2n) is 8.08. The van der Waals surface area contributed by atoms with Crippen LogP contribution in [0.25, 0.3) is 11.3 Å². The van der Waals surface area contributed by atoms with Crippen molar-refractivity contribution in [1.82, 2.24) is 10.1 Å². The Morgan fingerprint density at radius 1 is 0.946 bits per heavy atom. The fourth-order valence-electron chi connectivity index (χ4n) is 3.53. The molecule has 2 heterocycles. The van der Waals surface area contributed by atoms with E-state index in [1.165, 1.54) is 0 Å². The molecule has 1 N–H and O–H groups in total. The zero-order valence-electron chi connectivity index (χ0n) is 19.6. The maximum atomic E-state index is 12.9. The third-order valence-electron chi connectivity index (χ3n) is 5.51. The second-order valence-corrected chi connectivity index (χ2v) is 9.50. The van der Waals surface area contributed by atoms with Gasteiger partial charge in [0.1, 0.15) is 12.4 Å². The molecule has 0 saturated carbocycles. The van der Waals surface area contributed by atoms with E-state index in [-0.39, 0.29) is 11.6 Å². The Kier molecular flexibility index (Phi) is 7.84. The van der Waals surface area contributed by atoms with Crippen LogP contribution in [0.3, 0.4) is 0 Å². The number of rotatable bonds is 9. The van der Waals surface area contributed by atoms with E-state index in [2.05, 4.69) is 15.5 Å². The molecule has 37 heavy (non-hydrogen) atoms. The fourth-order valence-corrected chi connectivity index (χ4v) is 4.69. The van der Waals surface area contributed by atoms with Crippen molar-refractivity contribution in [3.05, 3.63) is 125 Å². The molecule has 0 saturated heterocycles. The van der Waals surface area contributed by atoms with Crippen LogP contribution in [-0.2, 0) is 12.4 Å².